The summed E-state index contributed by atoms with van der Waals surface area (Å²) in [6.45, 7) is 16.9. The smallest absolute Gasteiger partial charge is 0.0372 e. The molecular formula is C22H33N. The number of allylic oxidation sites excluding steroid dienone is 8. The van der Waals surface area contributed by atoms with Crippen molar-refractivity contribution in [2.75, 3.05) is 6.54 Å². The molecule has 0 unspecified atom stereocenters. The molecule has 1 aliphatic carbocycles. The third-order valence-corrected chi connectivity index (χ3v) is 4.47. The van der Waals surface area contributed by atoms with Gasteiger partial charge < -0.3 is 5.32 Å². The highest BCUT2D eigenvalue weighted by molar-refractivity contribution is 5.49. The minimum absolute atomic E-state index is 0.272. The maximum absolute atomic E-state index is 4.08. The van der Waals surface area contributed by atoms with Gasteiger partial charge in [0.2, 0.25) is 0 Å². The average Bonchev–Trinajstić information content (AvgIpc) is 2.65. The van der Waals surface area contributed by atoms with E-state index in [1.807, 2.05) is 6.08 Å². The van der Waals surface area contributed by atoms with Gasteiger partial charge in [0.25, 0.3) is 0 Å². The van der Waals surface area contributed by atoms with Gasteiger partial charge in [-0.15, -0.1) is 0 Å². The number of hydrogen-bond donors (Lipinski definition) is 1. The summed E-state index contributed by atoms with van der Waals surface area (Å²) in [5.41, 5.74) is 6.00. The van der Waals surface area contributed by atoms with Gasteiger partial charge >= 0.3 is 0 Å². The van der Waals surface area contributed by atoms with Crippen LogP contribution in [0.25, 0.3) is 0 Å². The molecule has 0 aromatic carbocycles. The average molecular weight is 312 g/mol. The van der Waals surface area contributed by atoms with Crippen molar-refractivity contribution in [2.45, 2.75) is 60.3 Å². The molecule has 0 radical (unpaired) electrons. The van der Waals surface area contributed by atoms with Crippen LogP contribution >= 0.6 is 0 Å². The highest BCUT2D eigenvalue weighted by atomic mass is 14.9. The summed E-state index contributed by atoms with van der Waals surface area (Å²) in [6, 6.07) is 0. The molecule has 2 rings (SSSR count). The van der Waals surface area contributed by atoms with Gasteiger partial charge in [0, 0.05) is 12.2 Å². The molecule has 2 aliphatic rings. The Bertz CT molecular complexity index is 546. The zero-order valence-electron chi connectivity index (χ0n) is 15.6. The van der Waals surface area contributed by atoms with Gasteiger partial charge in [-0.2, -0.15) is 0 Å². The molecule has 23 heavy (non-hydrogen) atoms. The predicted molar refractivity (Wildman–Crippen MR) is 102 cm³/mol. The minimum Gasteiger partial charge on any atom is -0.385 e. The molecule has 1 heteroatoms. The molecule has 1 heterocycles. The van der Waals surface area contributed by atoms with E-state index in [1.54, 1.807) is 0 Å². The van der Waals surface area contributed by atoms with Crippen molar-refractivity contribution in [1.82, 2.24) is 5.32 Å². The lowest BCUT2D eigenvalue weighted by molar-refractivity contribution is 0.212. The largest absolute Gasteiger partial charge is 0.385 e. The Balaban J connectivity index is 2.23. The molecule has 0 bridgehead atoms. The Morgan fingerprint density at radius 2 is 1.83 bits per heavy atom. The van der Waals surface area contributed by atoms with E-state index < -0.39 is 0 Å². The van der Waals surface area contributed by atoms with Gasteiger partial charge in [-0.1, -0.05) is 65.5 Å². The lowest BCUT2D eigenvalue weighted by Crippen LogP contribution is -2.21. The molecular weight excluding hydrogens is 278 g/mol. The van der Waals surface area contributed by atoms with Gasteiger partial charge in [-0.05, 0) is 59.3 Å². The molecule has 0 aromatic rings. The normalized spacial score (nSPS) is 20.7. The van der Waals surface area contributed by atoms with E-state index >= 15 is 0 Å². The van der Waals surface area contributed by atoms with Gasteiger partial charge in [0.05, 0.1) is 0 Å². The van der Waals surface area contributed by atoms with Crippen LogP contribution in [0.15, 0.2) is 59.4 Å². The summed E-state index contributed by atoms with van der Waals surface area (Å²) < 4.78 is 0. The lowest BCUT2D eigenvalue weighted by Gasteiger charge is -2.33. The summed E-state index contributed by atoms with van der Waals surface area (Å²) >= 11 is 0. The van der Waals surface area contributed by atoms with Crippen LogP contribution in [0.2, 0.25) is 0 Å². The highest BCUT2D eigenvalue weighted by Gasteiger charge is 2.26. The van der Waals surface area contributed by atoms with Crippen LogP contribution in [0, 0.1) is 10.8 Å². The summed E-state index contributed by atoms with van der Waals surface area (Å²) in [7, 11) is 0. The van der Waals surface area contributed by atoms with Crippen LogP contribution in [-0.4, -0.2) is 6.54 Å². The van der Waals surface area contributed by atoms with Crippen molar-refractivity contribution in [1.29, 1.82) is 0 Å². The molecule has 0 saturated carbocycles. The maximum Gasteiger partial charge on any atom is 0.0372 e. The second-order valence-corrected chi connectivity index (χ2v) is 8.90. The molecule has 0 spiro atoms. The first-order valence-electron chi connectivity index (χ1n) is 8.89. The molecule has 0 atom stereocenters. The second-order valence-electron chi connectivity index (χ2n) is 8.90. The van der Waals surface area contributed by atoms with Crippen molar-refractivity contribution in [3.05, 3.63) is 59.4 Å². The van der Waals surface area contributed by atoms with Crippen LogP contribution < -0.4 is 5.32 Å². The number of nitrogens with one attached hydrogen (secondary N) is 1. The fourth-order valence-electron chi connectivity index (χ4n) is 4.03. The summed E-state index contributed by atoms with van der Waals surface area (Å²) in [5.74, 6) is 0. The van der Waals surface area contributed by atoms with E-state index in [4.69, 9.17) is 0 Å². The van der Waals surface area contributed by atoms with E-state index in [0.717, 1.165) is 13.0 Å². The van der Waals surface area contributed by atoms with Crippen molar-refractivity contribution in [3.8, 4) is 0 Å². The fraction of sp³-hybridized carbons (Fsp3) is 0.545. The molecule has 0 saturated heterocycles. The zero-order chi connectivity index (χ0) is 17.1. The predicted octanol–water partition coefficient (Wildman–Crippen LogP) is 6.09. The molecule has 0 aromatic heterocycles. The molecule has 0 amide bonds. The molecule has 0 fully saturated rings. The number of rotatable bonds is 4. The van der Waals surface area contributed by atoms with Crippen LogP contribution in [-0.2, 0) is 0 Å². The molecule has 1 aliphatic heterocycles. The first-order valence-corrected chi connectivity index (χ1v) is 8.89. The standard InChI is InChI=1S/C22H33N/c1-7-17(15-22(5,6)16-21(2,3)4)18-10-11-19-9-8-14-23-20(19)13-12-18/h7,10-13,23H,1,8-9,14-16H2,2-6H3/b18-17+. The van der Waals surface area contributed by atoms with Crippen molar-refractivity contribution < 1.29 is 0 Å². The van der Waals surface area contributed by atoms with E-state index in [9.17, 15) is 0 Å². The Labute approximate surface area is 142 Å². The van der Waals surface area contributed by atoms with Crippen LogP contribution in [0.3, 0.4) is 0 Å². The SMILES string of the molecule is C=C/C(CC(C)(C)CC(C)(C)C)=C1/C=CC2=C(C=C1)NCCC2. The monoisotopic (exact) mass is 311 g/mol. The van der Waals surface area contributed by atoms with E-state index in [2.05, 4.69) is 70.8 Å². The maximum atomic E-state index is 4.08. The molecule has 1 N–H and O–H groups in total. The zero-order valence-corrected chi connectivity index (χ0v) is 15.6. The van der Waals surface area contributed by atoms with Crippen molar-refractivity contribution in [2.24, 2.45) is 10.8 Å². The van der Waals surface area contributed by atoms with Crippen LogP contribution in [0.1, 0.15) is 60.3 Å². The quantitative estimate of drug-likeness (QED) is 0.663. The first-order chi connectivity index (χ1) is 10.7. The highest BCUT2D eigenvalue weighted by Crippen LogP contribution is 2.39. The Morgan fingerprint density at radius 3 is 2.48 bits per heavy atom. The van der Waals surface area contributed by atoms with E-state index in [0.29, 0.717) is 5.41 Å². The first kappa shape index (κ1) is 17.8. The lowest BCUT2D eigenvalue weighted by atomic mass is 9.72. The molecule has 126 valence electrons. The van der Waals surface area contributed by atoms with Crippen molar-refractivity contribution >= 4 is 0 Å². The number of hydrogen-bond acceptors (Lipinski definition) is 1. The summed E-state index contributed by atoms with van der Waals surface area (Å²) in [6.07, 6.45) is 15.8. The molecule has 1 nitrogen and oxygen atoms in total. The van der Waals surface area contributed by atoms with Crippen LogP contribution in [0.5, 0.6) is 0 Å². The van der Waals surface area contributed by atoms with Gasteiger partial charge in [0.1, 0.15) is 0 Å². The van der Waals surface area contributed by atoms with Crippen LogP contribution in [0.4, 0.5) is 0 Å². The van der Waals surface area contributed by atoms with Gasteiger partial charge in [0.15, 0.2) is 0 Å². The minimum atomic E-state index is 0.272. The third kappa shape index (κ3) is 5.27. The van der Waals surface area contributed by atoms with E-state index in [1.165, 1.54) is 41.7 Å². The van der Waals surface area contributed by atoms with E-state index in [-0.39, 0.29) is 5.41 Å². The van der Waals surface area contributed by atoms with Gasteiger partial charge in [-0.25, -0.2) is 0 Å². The summed E-state index contributed by atoms with van der Waals surface area (Å²) in [4.78, 5) is 0. The topological polar surface area (TPSA) is 12.0 Å². The van der Waals surface area contributed by atoms with Crippen molar-refractivity contribution in [3.63, 3.8) is 0 Å². The fourth-order valence-corrected chi connectivity index (χ4v) is 4.03. The second kappa shape index (κ2) is 6.95. The Kier molecular flexibility index (Phi) is 5.39. The van der Waals surface area contributed by atoms with Gasteiger partial charge in [-0.3, -0.25) is 0 Å². The summed E-state index contributed by atoms with van der Waals surface area (Å²) in [5, 5.41) is 3.51. The third-order valence-electron chi connectivity index (χ3n) is 4.47. The Hall–Kier alpha value is -1.50. The Morgan fingerprint density at radius 1 is 1.13 bits per heavy atom.